The second-order valence-electron chi connectivity index (χ2n) is 15.4. The molecule has 11 aromatic carbocycles. The molecule has 0 aliphatic heterocycles. The summed E-state index contributed by atoms with van der Waals surface area (Å²) in [6.07, 6.45) is 0. The van der Waals surface area contributed by atoms with Gasteiger partial charge in [0.05, 0.1) is 11.0 Å². The Morgan fingerprint density at radius 3 is 1.52 bits per heavy atom. The van der Waals surface area contributed by atoms with Crippen LogP contribution in [0.25, 0.3) is 131 Å². The lowest BCUT2D eigenvalue weighted by molar-refractivity contribution is 0.663. The Bertz CT molecular complexity index is 4270. The Morgan fingerprint density at radius 2 is 0.800 bits per heavy atom. The van der Waals surface area contributed by atoms with E-state index < -0.39 is 24.2 Å². The zero-order valence-electron chi connectivity index (χ0n) is 39.8. The maximum atomic E-state index is 9.44. The number of furan rings is 2. The summed E-state index contributed by atoms with van der Waals surface area (Å²) in [5, 5.41) is 8.69. The van der Waals surface area contributed by atoms with Gasteiger partial charge in [-0.2, -0.15) is 0 Å². The maximum absolute atomic E-state index is 9.44. The molecule has 13 aromatic rings. The van der Waals surface area contributed by atoms with Gasteiger partial charge in [-0.3, -0.25) is 0 Å². The smallest absolute Gasteiger partial charge is 0.136 e. The lowest BCUT2D eigenvalue weighted by Gasteiger charge is -2.18. The van der Waals surface area contributed by atoms with E-state index in [1.807, 2.05) is 103 Å². The van der Waals surface area contributed by atoms with E-state index in [0.29, 0.717) is 22.3 Å². The fraction of sp³-hybridized carbons (Fsp3) is 0. The number of rotatable bonds is 4. The summed E-state index contributed by atoms with van der Waals surface area (Å²) in [6, 6.07) is 49.0. The highest BCUT2D eigenvalue weighted by Gasteiger charge is 2.19. The Hall–Kier alpha value is -7.94. The van der Waals surface area contributed by atoms with Crippen molar-refractivity contribution >= 4 is 87.0 Å². The second kappa shape index (κ2) is 12.8. The van der Waals surface area contributed by atoms with Gasteiger partial charge in [-0.1, -0.05) is 164 Å². The van der Waals surface area contributed by atoms with Crippen LogP contribution in [-0.2, 0) is 0 Å². The molecular formula is C58H34O2. The number of para-hydroxylation sites is 1. The minimum absolute atomic E-state index is 0.178. The Morgan fingerprint density at radius 1 is 0.300 bits per heavy atom. The average molecular weight is 771 g/mol. The third-order valence-electron chi connectivity index (χ3n) is 12.1. The molecule has 0 bridgehead atoms. The maximum Gasteiger partial charge on any atom is 0.136 e. The highest BCUT2D eigenvalue weighted by Crippen LogP contribution is 2.45. The molecule has 0 spiro atoms. The molecule has 60 heavy (non-hydrogen) atoms. The summed E-state index contributed by atoms with van der Waals surface area (Å²) in [5.41, 5.74) is 8.76. The van der Waals surface area contributed by atoms with Crippen molar-refractivity contribution < 1.29 is 19.8 Å². The van der Waals surface area contributed by atoms with Crippen LogP contribution >= 0.6 is 0 Å². The number of benzene rings is 11. The molecule has 0 saturated carbocycles. The van der Waals surface area contributed by atoms with Gasteiger partial charge in [0, 0.05) is 21.5 Å². The van der Waals surface area contributed by atoms with Gasteiger partial charge in [0.1, 0.15) is 22.3 Å². The monoisotopic (exact) mass is 770 g/mol. The molecule has 278 valence electrons. The molecule has 2 heteroatoms. The fourth-order valence-corrected chi connectivity index (χ4v) is 9.34. The van der Waals surface area contributed by atoms with Gasteiger partial charge in [0.15, 0.2) is 0 Å². The molecule has 13 rings (SSSR count). The predicted octanol–water partition coefficient (Wildman–Crippen LogP) is 16.8. The SMILES string of the molecule is [2H]c1c([2H])c([2H])c2c(-c3ccc4cc(-c5ccc6c(c5)oc5ccc7oc8ccccc8c7c56)ccc4c3)c3c([2H])c([2H])c([2H])c([2H])c3c(-c3ccc(-c4cccc5ccccc45)cc3)c2c1[2H]. The van der Waals surface area contributed by atoms with E-state index in [1.165, 1.54) is 0 Å². The molecule has 0 fully saturated rings. The summed E-state index contributed by atoms with van der Waals surface area (Å²) in [6.45, 7) is 0. The summed E-state index contributed by atoms with van der Waals surface area (Å²) in [5.74, 6) is 0. The molecular weight excluding hydrogens is 729 g/mol. The molecule has 0 atom stereocenters. The van der Waals surface area contributed by atoms with Crippen LogP contribution in [0.5, 0.6) is 0 Å². The largest absolute Gasteiger partial charge is 0.456 e. The van der Waals surface area contributed by atoms with Gasteiger partial charge in [-0.15, -0.1) is 0 Å². The average Bonchev–Trinajstić information content (AvgIpc) is 3.95. The zero-order chi connectivity index (χ0) is 46.3. The lowest BCUT2D eigenvalue weighted by Crippen LogP contribution is -1.91. The van der Waals surface area contributed by atoms with E-state index in [2.05, 4.69) is 54.6 Å². The fourth-order valence-electron chi connectivity index (χ4n) is 9.34. The van der Waals surface area contributed by atoms with E-state index in [1.54, 1.807) is 0 Å². The molecule has 0 radical (unpaired) electrons. The van der Waals surface area contributed by atoms with Crippen molar-refractivity contribution in [2.24, 2.45) is 0 Å². The summed E-state index contributed by atoms with van der Waals surface area (Å²) in [7, 11) is 0. The van der Waals surface area contributed by atoms with Crippen LogP contribution in [-0.4, -0.2) is 0 Å². The van der Waals surface area contributed by atoms with Gasteiger partial charge < -0.3 is 8.83 Å². The summed E-state index contributed by atoms with van der Waals surface area (Å²) >= 11 is 0. The third kappa shape index (κ3) is 4.95. The second-order valence-corrected chi connectivity index (χ2v) is 15.4. The molecule has 2 aromatic heterocycles. The van der Waals surface area contributed by atoms with E-state index in [4.69, 9.17) is 14.3 Å². The van der Waals surface area contributed by atoms with Crippen LogP contribution in [0.2, 0.25) is 0 Å². The molecule has 2 nitrogen and oxygen atoms in total. The van der Waals surface area contributed by atoms with Crippen LogP contribution in [0, 0.1) is 0 Å². The lowest BCUT2D eigenvalue weighted by atomic mass is 9.85. The molecule has 2 heterocycles. The van der Waals surface area contributed by atoms with Crippen molar-refractivity contribution in [3.8, 4) is 44.5 Å². The van der Waals surface area contributed by atoms with Gasteiger partial charge in [0.25, 0.3) is 0 Å². The van der Waals surface area contributed by atoms with Gasteiger partial charge in [0.2, 0.25) is 0 Å². The minimum atomic E-state index is -0.435. The van der Waals surface area contributed by atoms with Crippen molar-refractivity contribution in [2.45, 2.75) is 0 Å². The normalized spacial score (nSPS) is 13.9. The first-order chi connectivity index (χ1) is 33.0. The predicted molar refractivity (Wildman–Crippen MR) is 253 cm³/mol. The van der Waals surface area contributed by atoms with E-state index in [0.717, 1.165) is 87.7 Å². The molecule has 0 N–H and O–H groups in total. The highest BCUT2D eigenvalue weighted by molar-refractivity contribution is 6.26. The number of fused-ring (bicyclic) bond motifs is 11. The minimum Gasteiger partial charge on any atom is -0.456 e. The van der Waals surface area contributed by atoms with Gasteiger partial charge in [-0.05, 0) is 130 Å². The van der Waals surface area contributed by atoms with Crippen LogP contribution in [0.1, 0.15) is 11.0 Å². The van der Waals surface area contributed by atoms with Gasteiger partial charge >= 0.3 is 0 Å². The van der Waals surface area contributed by atoms with E-state index in [9.17, 15) is 5.48 Å². The Labute approximate surface area is 356 Å². The molecule has 0 aliphatic carbocycles. The van der Waals surface area contributed by atoms with Crippen molar-refractivity contribution in [2.75, 3.05) is 0 Å². The number of hydrogen-bond acceptors (Lipinski definition) is 2. The molecule has 0 amide bonds. The van der Waals surface area contributed by atoms with Gasteiger partial charge in [-0.25, -0.2) is 0 Å². The zero-order valence-corrected chi connectivity index (χ0v) is 31.8. The quantitative estimate of drug-likeness (QED) is 0.167. The van der Waals surface area contributed by atoms with Crippen LogP contribution < -0.4 is 0 Å². The van der Waals surface area contributed by atoms with Crippen LogP contribution in [0.3, 0.4) is 0 Å². The first kappa shape index (κ1) is 26.1. The van der Waals surface area contributed by atoms with Crippen molar-refractivity contribution in [3.63, 3.8) is 0 Å². The number of hydrogen-bond donors (Lipinski definition) is 0. The molecule has 0 aliphatic rings. The highest BCUT2D eigenvalue weighted by atomic mass is 16.3. The summed E-state index contributed by atoms with van der Waals surface area (Å²) in [4.78, 5) is 0. The topological polar surface area (TPSA) is 26.3 Å². The molecule has 0 saturated heterocycles. The van der Waals surface area contributed by atoms with Crippen LogP contribution in [0.15, 0.2) is 215 Å². The third-order valence-corrected chi connectivity index (χ3v) is 12.1. The summed E-state index contributed by atoms with van der Waals surface area (Å²) < 4.78 is 85.9. The van der Waals surface area contributed by atoms with Crippen molar-refractivity contribution in [1.29, 1.82) is 0 Å². The van der Waals surface area contributed by atoms with Crippen molar-refractivity contribution in [3.05, 3.63) is 206 Å². The standard InChI is InChI=1S/C58H34O2/c1-2-12-43-35(10-1)11-9-18-44(43)36-20-22-37(23-21-36)55-45-13-3-5-15-47(45)56(48-16-6-4-14-46(48)55)42-27-26-38-32-39(24-25-40(38)33-42)41-28-29-50-54(34-41)60-53-31-30-52-57(58(50)53)49-17-7-8-19-51(49)59-52/h1-34H/i3D,4D,5D,6D,13D,14D,15D,16D. The van der Waals surface area contributed by atoms with Crippen molar-refractivity contribution in [1.82, 2.24) is 0 Å². The van der Waals surface area contributed by atoms with Crippen LogP contribution in [0.4, 0.5) is 0 Å². The van der Waals surface area contributed by atoms with E-state index >= 15 is 0 Å². The Balaban J connectivity index is 0.994. The Kier molecular flexibility index (Phi) is 5.57. The first-order valence-corrected chi connectivity index (χ1v) is 19.9. The first-order valence-electron chi connectivity index (χ1n) is 23.9. The molecule has 0 unspecified atom stereocenters. The van der Waals surface area contributed by atoms with E-state index in [-0.39, 0.29) is 45.7 Å².